The van der Waals surface area contributed by atoms with Gasteiger partial charge in [0.25, 0.3) is 0 Å². The number of amides is 2. The van der Waals surface area contributed by atoms with E-state index in [9.17, 15) is 9.18 Å². The van der Waals surface area contributed by atoms with Crippen molar-refractivity contribution in [2.24, 2.45) is 0 Å². The molecule has 2 amide bonds. The van der Waals surface area contributed by atoms with Gasteiger partial charge in [0.2, 0.25) is 0 Å². The molecular weight excluding hydrogens is 279 g/mol. The van der Waals surface area contributed by atoms with Crippen LogP contribution in [-0.4, -0.2) is 19.6 Å². The zero-order chi connectivity index (χ0) is 16.2. The molecule has 0 unspecified atom stereocenters. The quantitative estimate of drug-likeness (QED) is 0.911. The van der Waals surface area contributed by atoms with Crippen molar-refractivity contribution in [1.29, 1.82) is 0 Å². The molecule has 0 heterocycles. The Morgan fingerprint density at radius 1 is 1.09 bits per heavy atom. The highest BCUT2D eigenvalue weighted by molar-refractivity contribution is 5.91. The molecule has 0 spiro atoms. The number of para-hydroxylation sites is 1. The smallest absolute Gasteiger partial charge is 0.321 e. The normalized spacial score (nSPS) is 11.1. The van der Waals surface area contributed by atoms with Gasteiger partial charge in [0.1, 0.15) is 5.82 Å². The number of halogens is 1. The Morgan fingerprint density at radius 2 is 1.68 bits per heavy atom. The van der Waals surface area contributed by atoms with Crippen molar-refractivity contribution < 1.29 is 9.18 Å². The van der Waals surface area contributed by atoms with E-state index in [1.165, 1.54) is 12.1 Å². The number of carbonyl (C=O) groups excluding carboxylic acids is 1. The number of rotatable bonds is 4. The molecule has 2 rings (SSSR count). The minimum absolute atomic E-state index is 0.165. The molecular formula is C18H21FN2O. The summed E-state index contributed by atoms with van der Waals surface area (Å²) in [5.74, 6) is -0.257. The molecule has 22 heavy (non-hydrogen) atoms. The van der Waals surface area contributed by atoms with Crippen LogP contribution in [0, 0.1) is 5.82 Å². The lowest BCUT2D eigenvalue weighted by molar-refractivity contribution is 0.245. The van der Waals surface area contributed by atoms with Crippen LogP contribution < -0.4 is 10.2 Å². The second kappa shape index (κ2) is 6.60. The van der Waals surface area contributed by atoms with Gasteiger partial charge < -0.3 is 5.32 Å². The predicted molar refractivity (Wildman–Crippen MR) is 87.7 cm³/mol. The summed E-state index contributed by atoms with van der Waals surface area (Å²) in [4.78, 5) is 13.8. The van der Waals surface area contributed by atoms with Crippen molar-refractivity contribution in [3.05, 3.63) is 66.0 Å². The summed E-state index contributed by atoms with van der Waals surface area (Å²) in [5.41, 5.74) is 1.54. The first-order chi connectivity index (χ1) is 10.4. The third-order valence-electron chi connectivity index (χ3n) is 3.76. The van der Waals surface area contributed by atoms with E-state index in [1.807, 2.05) is 44.2 Å². The molecule has 2 aromatic rings. The van der Waals surface area contributed by atoms with Crippen molar-refractivity contribution >= 4 is 11.7 Å². The molecule has 0 aliphatic carbocycles. The van der Waals surface area contributed by atoms with Crippen molar-refractivity contribution in [2.75, 3.05) is 18.5 Å². The van der Waals surface area contributed by atoms with Crippen LogP contribution in [0.2, 0.25) is 0 Å². The fourth-order valence-electron chi connectivity index (χ4n) is 2.19. The summed E-state index contributed by atoms with van der Waals surface area (Å²) in [7, 11) is 1.73. The first kappa shape index (κ1) is 16.0. The van der Waals surface area contributed by atoms with Crippen molar-refractivity contribution in [2.45, 2.75) is 19.3 Å². The number of urea groups is 1. The van der Waals surface area contributed by atoms with Gasteiger partial charge in [0.15, 0.2) is 0 Å². The molecule has 0 aliphatic rings. The number of carbonyl (C=O) groups is 1. The highest BCUT2D eigenvalue weighted by atomic mass is 19.1. The molecule has 3 nitrogen and oxygen atoms in total. The predicted octanol–water partition coefficient (Wildman–Crippen LogP) is 3.95. The lowest BCUT2D eigenvalue weighted by atomic mass is 9.84. The molecule has 0 aromatic heterocycles. The van der Waals surface area contributed by atoms with E-state index in [2.05, 4.69) is 5.32 Å². The molecule has 0 saturated heterocycles. The van der Waals surface area contributed by atoms with Crippen LogP contribution in [0.1, 0.15) is 19.4 Å². The SMILES string of the molecule is CN(C(=O)NCC(C)(C)c1ccc(F)cc1)c1ccccc1. The first-order valence-electron chi connectivity index (χ1n) is 7.23. The summed E-state index contributed by atoms with van der Waals surface area (Å²) in [5, 5.41) is 2.93. The third-order valence-corrected chi connectivity index (χ3v) is 3.76. The lowest BCUT2D eigenvalue weighted by Crippen LogP contribution is -2.43. The Balaban J connectivity index is 1.99. The number of hydrogen-bond donors (Lipinski definition) is 1. The molecule has 0 aliphatic heterocycles. The van der Waals surface area contributed by atoms with Gasteiger partial charge in [-0.3, -0.25) is 4.90 Å². The second-order valence-corrected chi connectivity index (χ2v) is 5.94. The van der Waals surface area contributed by atoms with Crippen LogP contribution in [0.3, 0.4) is 0 Å². The maximum absolute atomic E-state index is 13.0. The molecule has 116 valence electrons. The fourth-order valence-corrected chi connectivity index (χ4v) is 2.19. The minimum Gasteiger partial charge on any atom is -0.337 e. The van der Waals surface area contributed by atoms with Gasteiger partial charge in [-0.1, -0.05) is 44.2 Å². The summed E-state index contributed by atoms with van der Waals surface area (Å²) in [6, 6.07) is 15.7. The van der Waals surface area contributed by atoms with Gasteiger partial charge in [-0.25, -0.2) is 9.18 Å². The Morgan fingerprint density at radius 3 is 2.27 bits per heavy atom. The molecule has 0 fully saturated rings. The molecule has 0 atom stereocenters. The number of nitrogens with zero attached hydrogens (tertiary/aromatic N) is 1. The molecule has 0 bridgehead atoms. The number of anilines is 1. The zero-order valence-electron chi connectivity index (χ0n) is 13.1. The lowest BCUT2D eigenvalue weighted by Gasteiger charge is -2.27. The van der Waals surface area contributed by atoms with Crippen molar-refractivity contribution in [1.82, 2.24) is 5.32 Å². The van der Waals surface area contributed by atoms with Gasteiger partial charge in [0.05, 0.1) is 0 Å². The Hall–Kier alpha value is -2.36. The zero-order valence-corrected chi connectivity index (χ0v) is 13.1. The van der Waals surface area contributed by atoms with Gasteiger partial charge in [-0.15, -0.1) is 0 Å². The Kier molecular flexibility index (Phi) is 4.81. The minimum atomic E-state index is -0.277. The van der Waals surface area contributed by atoms with E-state index in [0.29, 0.717) is 6.54 Å². The van der Waals surface area contributed by atoms with E-state index in [-0.39, 0.29) is 17.3 Å². The molecule has 1 N–H and O–H groups in total. The van der Waals surface area contributed by atoms with Crippen LogP contribution in [0.5, 0.6) is 0 Å². The van der Waals surface area contributed by atoms with Gasteiger partial charge in [-0.2, -0.15) is 0 Å². The largest absolute Gasteiger partial charge is 0.337 e. The van der Waals surface area contributed by atoms with Crippen molar-refractivity contribution in [3.8, 4) is 0 Å². The van der Waals surface area contributed by atoms with Crippen molar-refractivity contribution in [3.63, 3.8) is 0 Å². The monoisotopic (exact) mass is 300 g/mol. The standard InChI is InChI=1S/C18H21FN2O/c1-18(2,14-9-11-15(19)12-10-14)13-20-17(22)21(3)16-7-5-4-6-8-16/h4-12H,13H2,1-3H3,(H,20,22). The second-order valence-electron chi connectivity index (χ2n) is 5.94. The van der Waals surface area contributed by atoms with E-state index in [0.717, 1.165) is 11.3 Å². The van der Waals surface area contributed by atoms with E-state index >= 15 is 0 Å². The van der Waals surface area contributed by atoms with E-state index in [4.69, 9.17) is 0 Å². The molecule has 4 heteroatoms. The van der Waals surface area contributed by atoms with Crippen LogP contribution in [0.15, 0.2) is 54.6 Å². The number of hydrogen-bond acceptors (Lipinski definition) is 1. The van der Waals surface area contributed by atoms with E-state index in [1.54, 1.807) is 24.1 Å². The maximum atomic E-state index is 13.0. The number of nitrogens with one attached hydrogen (secondary N) is 1. The Bertz CT molecular complexity index is 623. The maximum Gasteiger partial charge on any atom is 0.321 e. The molecule has 0 saturated carbocycles. The Labute approximate surface area is 130 Å². The summed E-state index contributed by atoms with van der Waals surface area (Å²) < 4.78 is 13.0. The van der Waals surface area contributed by atoms with Gasteiger partial charge >= 0.3 is 6.03 Å². The highest BCUT2D eigenvalue weighted by Gasteiger charge is 2.22. The van der Waals surface area contributed by atoms with Gasteiger partial charge in [0, 0.05) is 24.7 Å². The average molecular weight is 300 g/mol. The van der Waals surface area contributed by atoms with Gasteiger partial charge in [-0.05, 0) is 29.8 Å². The molecule has 0 radical (unpaired) electrons. The third kappa shape index (κ3) is 3.85. The summed E-state index contributed by atoms with van der Waals surface area (Å²) in [6.45, 7) is 4.50. The topological polar surface area (TPSA) is 32.3 Å². The highest BCUT2D eigenvalue weighted by Crippen LogP contribution is 2.22. The van der Waals surface area contributed by atoms with Crippen LogP contribution in [-0.2, 0) is 5.41 Å². The van der Waals surface area contributed by atoms with Crippen LogP contribution in [0.25, 0.3) is 0 Å². The van der Waals surface area contributed by atoms with Crippen LogP contribution in [0.4, 0.5) is 14.9 Å². The average Bonchev–Trinajstić information content (AvgIpc) is 2.53. The first-order valence-corrected chi connectivity index (χ1v) is 7.23. The summed E-state index contributed by atoms with van der Waals surface area (Å²) in [6.07, 6.45) is 0. The van der Waals surface area contributed by atoms with E-state index < -0.39 is 0 Å². The summed E-state index contributed by atoms with van der Waals surface area (Å²) >= 11 is 0. The fraction of sp³-hybridized carbons (Fsp3) is 0.278. The number of benzene rings is 2. The molecule has 2 aromatic carbocycles. The van der Waals surface area contributed by atoms with Crippen LogP contribution >= 0.6 is 0 Å².